The minimum Gasteiger partial charge on any atom is -0.370 e. The van der Waals surface area contributed by atoms with E-state index in [1.54, 1.807) is 0 Å². The molecule has 6 nitrogen and oxygen atoms in total. The van der Waals surface area contributed by atoms with Crippen LogP contribution in [0.3, 0.4) is 0 Å². The van der Waals surface area contributed by atoms with Gasteiger partial charge < -0.3 is 21.0 Å². The van der Waals surface area contributed by atoms with Gasteiger partial charge in [-0.05, 0) is 46.5 Å². The molecule has 48 heavy (non-hydrogen) atoms. The summed E-state index contributed by atoms with van der Waals surface area (Å²) in [4.78, 5) is 18.8. The fraction of sp³-hybridized carbons (Fsp3) is 0.400. The van der Waals surface area contributed by atoms with E-state index >= 15 is 0 Å². The summed E-state index contributed by atoms with van der Waals surface area (Å²) in [6.07, 6.45) is 18.9. The van der Waals surface area contributed by atoms with E-state index in [0.717, 1.165) is 52.3 Å². The van der Waals surface area contributed by atoms with Crippen molar-refractivity contribution < 1.29 is 0 Å². The predicted molar refractivity (Wildman–Crippen MR) is 210 cm³/mol. The molecule has 4 heterocycles. The number of unbranched alkanes of at least 4 members (excludes halogenated alkanes) is 9. The van der Waals surface area contributed by atoms with Crippen molar-refractivity contribution in [3.63, 3.8) is 0 Å². The summed E-state index contributed by atoms with van der Waals surface area (Å²) >= 11 is 3.63. The van der Waals surface area contributed by atoms with Crippen LogP contribution in [0.1, 0.15) is 103 Å². The van der Waals surface area contributed by atoms with Crippen molar-refractivity contribution in [1.82, 2.24) is 19.9 Å². The number of aromatic amines is 2. The fourth-order valence-electron chi connectivity index (χ4n) is 6.89. The van der Waals surface area contributed by atoms with Crippen LogP contribution >= 0.6 is 22.7 Å². The van der Waals surface area contributed by atoms with Crippen LogP contribution in [-0.2, 0) is 0 Å². The molecule has 0 aliphatic rings. The van der Waals surface area contributed by atoms with E-state index in [2.05, 4.69) is 77.7 Å². The van der Waals surface area contributed by atoms with E-state index in [-0.39, 0.29) is 6.04 Å². The molecule has 8 heteroatoms. The van der Waals surface area contributed by atoms with Crippen LogP contribution in [0.5, 0.6) is 0 Å². The average Bonchev–Trinajstić information content (AvgIpc) is 3.92. The molecule has 0 saturated heterocycles. The number of fused-ring (bicyclic) bond motifs is 7. The van der Waals surface area contributed by atoms with Crippen LogP contribution in [-0.4, -0.2) is 26.5 Å². The van der Waals surface area contributed by atoms with E-state index in [4.69, 9.17) is 15.7 Å². The monoisotopic (exact) mass is 676 g/mol. The molecule has 0 spiro atoms. The van der Waals surface area contributed by atoms with E-state index in [1.807, 2.05) is 35.1 Å². The second kappa shape index (κ2) is 15.2. The first-order chi connectivity index (χ1) is 23.6. The molecule has 0 saturated carbocycles. The summed E-state index contributed by atoms with van der Waals surface area (Å²) in [6, 6.07) is 18.2. The number of nitrogens with two attached hydrogens (primary N) is 1. The van der Waals surface area contributed by atoms with Crippen molar-refractivity contribution in [2.24, 2.45) is 5.73 Å². The first-order valence-electron chi connectivity index (χ1n) is 18.0. The summed E-state index contributed by atoms with van der Waals surface area (Å²) in [5, 5.41) is 11.2. The highest BCUT2D eigenvalue weighted by Crippen LogP contribution is 2.42. The minimum atomic E-state index is 0.00506. The summed E-state index contributed by atoms with van der Waals surface area (Å²) in [7, 11) is 0. The number of hydrogen-bond donors (Lipinski definition) is 4. The van der Waals surface area contributed by atoms with Gasteiger partial charge in [0.1, 0.15) is 17.5 Å². The molecule has 0 fully saturated rings. The van der Waals surface area contributed by atoms with Crippen LogP contribution in [0.25, 0.3) is 63.1 Å². The molecule has 4 aromatic heterocycles. The normalized spacial score (nSPS) is 12.6. The molecule has 7 rings (SSSR count). The zero-order chi connectivity index (χ0) is 32.9. The summed E-state index contributed by atoms with van der Waals surface area (Å²) in [5.74, 6) is 2.84. The lowest BCUT2D eigenvalue weighted by molar-refractivity contribution is 0.549. The second-order valence-electron chi connectivity index (χ2n) is 13.3. The Morgan fingerprint density at radius 2 is 1.19 bits per heavy atom. The number of anilines is 1. The number of H-pyrrole nitrogens is 2. The van der Waals surface area contributed by atoms with Crippen LogP contribution in [0, 0.1) is 0 Å². The first-order valence-corrected chi connectivity index (χ1v) is 19.7. The maximum absolute atomic E-state index is 6.54. The molecule has 1 unspecified atom stereocenters. The van der Waals surface area contributed by atoms with Gasteiger partial charge in [-0.1, -0.05) is 114 Å². The van der Waals surface area contributed by atoms with Gasteiger partial charge in [0.05, 0.1) is 27.8 Å². The van der Waals surface area contributed by atoms with E-state index < -0.39 is 0 Å². The largest absolute Gasteiger partial charge is 0.370 e. The third kappa shape index (κ3) is 7.02. The highest BCUT2D eigenvalue weighted by molar-refractivity contribution is 7.23. The second-order valence-corrected chi connectivity index (χ2v) is 15.4. The number of aromatic nitrogens is 4. The molecule has 0 amide bonds. The Morgan fingerprint density at radius 1 is 0.646 bits per heavy atom. The van der Waals surface area contributed by atoms with Crippen molar-refractivity contribution in [2.45, 2.75) is 96.9 Å². The summed E-state index contributed by atoms with van der Waals surface area (Å²) in [5.41, 5.74) is 7.57. The smallest absolute Gasteiger partial charge is 0.149 e. The predicted octanol–water partition coefficient (Wildman–Crippen LogP) is 12.3. The molecule has 250 valence electrons. The van der Waals surface area contributed by atoms with E-state index in [9.17, 15) is 0 Å². The van der Waals surface area contributed by atoms with Gasteiger partial charge in [0.15, 0.2) is 0 Å². The van der Waals surface area contributed by atoms with Crippen LogP contribution in [0.4, 0.5) is 5.82 Å². The average molecular weight is 677 g/mol. The minimum absolute atomic E-state index is 0.00506. The molecule has 5 N–H and O–H groups in total. The third-order valence-electron chi connectivity index (χ3n) is 9.66. The van der Waals surface area contributed by atoms with Gasteiger partial charge in [-0.15, -0.1) is 22.7 Å². The van der Waals surface area contributed by atoms with Crippen molar-refractivity contribution in [3.8, 4) is 21.4 Å². The van der Waals surface area contributed by atoms with Crippen molar-refractivity contribution >= 4 is 70.2 Å². The van der Waals surface area contributed by atoms with E-state index in [1.165, 1.54) is 106 Å². The maximum Gasteiger partial charge on any atom is 0.149 e. The number of imidazole rings is 2. The number of benzene rings is 3. The van der Waals surface area contributed by atoms with E-state index in [0.29, 0.717) is 0 Å². The SMILES string of the molecule is CCCCCCCCNc1cnc(-c2cc3ccc4c5ccc6cc(-c7ncc(C(N)CCCCCCC)[nH]7)sc6c5ccc4c3s2)[nH]1. The van der Waals surface area contributed by atoms with Gasteiger partial charge in [-0.25, -0.2) is 9.97 Å². The Balaban J connectivity index is 1.09. The molecule has 0 radical (unpaired) electrons. The Morgan fingerprint density at radius 3 is 1.83 bits per heavy atom. The number of hydrogen-bond acceptors (Lipinski definition) is 6. The number of thiophene rings is 2. The highest BCUT2D eigenvalue weighted by atomic mass is 32.1. The quantitative estimate of drug-likeness (QED) is 0.0570. The Hall–Kier alpha value is -3.72. The number of rotatable bonds is 17. The van der Waals surface area contributed by atoms with Gasteiger partial charge in [-0.3, -0.25) is 0 Å². The molecule has 1 atom stereocenters. The maximum atomic E-state index is 6.54. The molecular formula is C40H48N6S2. The lowest BCUT2D eigenvalue weighted by atomic mass is 10.00. The Kier molecular flexibility index (Phi) is 10.4. The third-order valence-corrected chi connectivity index (χ3v) is 12.0. The van der Waals surface area contributed by atoms with Gasteiger partial charge in [0.25, 0.3) is 0 Å². The molecular weight excluding hydrogens is 629 g/mol. The van der Waals surface area contributed by atoms with Crippen molar-refractivity contribution in [1.29, 1.82) is 0 Å². The fourth-order valence-corrected chi connectivity index (χ4v) is 9.16. The van der Waals surface area contributed by atoms with Gasteiger partial charge in [-0.2, -0.15) is 0 Å². The van der Waals surface area contributed by atoms with Crippen molar-refractivity contribution in [2.75, 3.05) is 11.9 Å². The summed E-state index contributed by atoms with van der Waals surface area (Å²) in [6.45, 7) is 5.50. The summed E-state index contributed by atoms with van der Waals surface area (Å²) < 4.78 is 2.60. The first kappa shape index (κ1) is 32.8. The Labute approximate surface area is 291 Å². The molecule has 7 aromatic rings. The standard InChI is InChI=1S/C40H48N6S2/c1-3-5-7-9-11-13-21-42-36-25-44-40(46-36)35-23-27-16-18-29-28-17-15-26-22-34(47-37(26)30(28)19-20-31(29)38(27)48-35)39-43-24-33(45-39)32(41)14-12-10-8-6-4-2/h15-20,22-25,32,42H,3-14,21,41H2,1-2H3,(H,43,45)(H,44,46). The highest BCUT2D eigenvalue weighted by Gasteiger charge is 2.16. The van der Waals surface area contributed by atoms with Crippen molar-refractivity contribution in [3.05, 3.63) is 66.6 Å². The molecule has 0 aliphatic heterocycles. The zero-order valence-corrected chi connectivity index (χ0v) is 30.0. The van der Waals surface area contributed by atoms with Crippen LogP contribution < -0.4 is 11.1 Å². The lowest BCUT2D eigenvalue weighted by Crippen LogP contribution is -2.10. The van der Waals surface area contributed by atoms with Crippen LogP contribution in [0.2, 0.25) is 0 Å². The van der Waals surface area contributed by atoms with Gasteiger partial charge >= 0.3 is 0 Å². The topological polar surface area (TPSA) is 95.4 Å². The Bertz CT molecular complexity index is 2110. The lowest BCUT2D eigenvalue weighted by Gasteiger charge is -2.08. The molecule has 3 aromatic carbocycles. The molecule has 0 aliphatic carbocycles. The molecule has 0 bridgehead atoms. The van der Waals surface area contributed by atoms with Gasteiger partial charge in [0.2, 0.25) is 0 Å². The number of nitrogens with zero attached hydrogens (tertiary/aromatic N) is 2. The van der Waals surface area contributed by atoms with Gasteiger partial charge in [0, 0.05) is 32.8 Å². The zero-order valence-electron chi connectivity index (χ0n) is 28.3. The number of nitrogens with one attached hydrogen (secondary N) is 3. The van der Waals surface area contributed by atoms with Crippen LogP contribution in [0.15, 0.2) is 60.9 Å².